The van der Waals surface area contributed by atoms with E-state index in [9.17, 15) is 18.0 Å². The lowest BCUT2D eigenvalue weighted by molar-refractivity contribution is -0.117. The summed E-state index contributed by atoms with van der Waals surface area (Å²) in [5.74, 6) is -2.72. The van der Waals surface area contributed by atoms with Crippen LogP contribution in [0.25, 0.3) is 27.8 Å². The summed E-state index contributed by atoms with van der Waals surface area (Å²) in [6.45, 7) is 1.73. The van der Waals surface area contributed by atoms with Gasteiger partial charge in [-0.25, -0.2) is 22.7 Å². The minimum absolute atomic E-state index is 0.0274. The number of benzene rings is 1. The van der Waals surface area contributed by atoms with Gasteiger partial charge in [-0.1, -0.05) is 6.92 Å². The molecule has 2 unspecified atom stereocenters. The monoisotopic (exact) mass is 400 g/mol. The van der Waals surface area contributed by atoms with E-state index in [0.717, 1.165) is 0 Å². The first-order valence-electron chi connectivity index (χ1n) is 9.12. The molecule has 1 aromatic carbocycles. The Morgan fingerprint density at radius 2 is 2.14 bits per heavy atom. The van der Waals surface area contributed by atoms with E-state index in [1.54, 1.807) is 19.1 Å². The third-order valence-electron chi connectivity index (χ3n) is 5.12. The van der Waals surface area contributed by atoms with Crippen molar-refractivity contribution >= 4 is 28.3 Å². The number of nitrogens with zero attached hydrogens (tertiary/aromatic N) is 4. The molecule has 3 aromatic heterocycles. The maximum atomic E-state index is 14.6. The predicted molar refractivity (Wildman–Crippen MR) is 99.0 cm³/mol. The molecule has 29 heavy (non-hydrogen) atoms. The molecular weight excluding hydrogens is 385 g/mol. The molecule has 0 radical (unpaired) electrons. The Labute approximate surface area is 161 Å². The Morgan fingerprint density at radius 1 is 1.34 bits per heavy atom. The van der Waals surface area contributed by atoms with Crippen molar-refractivity contribution in [2.75, 3.05) is 5.32 Å². The SMILES string of the molecule is CCc1c(F)c(F)c2[nH]ncc2c1-c1ccc2nc(NC(=O)C3CC3F)cn2n1. The first-order chi connectivity index (χ1) is 14.0. The van der Waals surface area contributed by atoms with Gasteiger partial charge in [-0.3, -0.25) is 9.89 Å². The van der Waals surface area contributed by atoms with Gasteiger partial charge < -0.3 is 5.32 Å². The fraction of sp³-hybridized carbons (Fsp3) is 0.263. The summed E-state index contributed by atoms with van der Waals surface area (Å²) in [5, 5.41) is 13.8. The van der Waals surface area contributed by atoms with Crippen molar-refractivity contribution in [1.29, 1.82) is 0 Å². The van der Waals surface area contributed by atoms with E-state index in [1.165, 1.54) is 16.9 Å². The van der Waals surface area contributed by atoms with Crippen LogP contribution in [0.5, 0.6) is 0 Å². The Balaban J connectivity index is 1.60. The molecule has 1 amide bonds. The molecule has 1 aliphatic rings. The molecule has 1 fully saturated rings. The summed E-state index contributed by atoms with van der Waals surface area (Å²) in [6, 6.07) is 3.30. The molecule has 10 heteroatoms. The molecule has 4 aromatic rings. The van der Waals surface area contributed by atoms with Gasteiger partial charge in [0.2, 0.25) is 5.91 Å². The van der Waals surface area contributed by atoms with Gasteiger partial charge in [-0.2, -0.15) is 10.2 Å². The van der Waals surface area contributed by atoms with Crippen molar-refractivity contribution in [3.63, 3.8) is 0 Å². The highest BCUT2D eigenvalue weighted by atomic mass is 19.2. The Hall–Kier alpha value is -3.43. The van der Waals surface area contributed by atoms with Gasteiger partial charge in [-0.05, 0) is 25.0 Å². The second-order valence-electron chi connectivity index (χ2n) is 6.99. The minimum atomic E-state index is -1.10. The minimum Gasteiger partial charge on any atom is -0.309 e. The van der Waals surface area contributed by atoms with Gasteiger partial charge in [0.25, 0.3) is 0 Å². The number of rotatable bonds is 4. The number of hydrogen-bond acceptors (Lipinski definition) is 4. The fourth-order valence-corrected chi connectivity index (χ4v) is 3.51. The average Bonchev–Trinajstić information content (AvgIpc) is 3.09. The largest absolute Gasteiger partial charge is 0.309 e. The van der Waals surface area contributed by atoms with Gasteiger partial charge in [0.1, 0.15) is 11.7 Å². The van der Waals surface area contributed by atoms with Crippen LogP contribution in [0.2, 0.25) is 0 Å². The number of aromatic nitrogens is 5. The third kappa shape index (κ3) is 2.74. The van der Waals surface area contributed by atoms with Crippen LogP contribution in [0.1, 0.15) is 18.9 Å². The van der Waals surface area contributed by atoms with Crippen LogP contribution in [-0.2, 0) is 11.2 Å². The van der Waals surface area contributed by atoms with Crippen LogP contribution >= 0.6 is 0 Å². The number of carbonyl (C=O) groups excluding carboxylic acids is 1. The van der Waals surface area contributed by atoms with E-state index in [2.05, 4.69) is 25.6 Å². The maximum Gasteiger partial charge on any atom is 0.231 e. The molecule has 0 aliphatic heterocycles. The highest BCUT2D eigenvalue weighted by Gasteiger charge is 2.43. The summed E-state index contributed by atoms with van der Waals surface area (Å²) in [4.78, 5) is 16.2. The lowest BCUT2D eigenvalue weighted by Gasteiger charge is -2.11. The van der Waals surface area contributed by atoms with Crippen molar-refractivity contribution < 1.29 is 18.0 Å². The van der Waals surface area contributed by atoms with E-state index in [-0.39, 0.29) is 29.7 Å². The lowest BCUT2D eigenvalue weighted by Crippen LogP contribution is -2.15. The second kappa shape index (κ2) is 6.29. The van der Waals surface area contributed by atoms with Crippen molar-refractivity contribution in [3.8, 4) is 11.3 Å². The molecule has 2 atom stereocenters. The molecule has 0 spiro atoms. The number of amides is 1. The normalized spacial score (nSPS) is 18.5. The molecule has 7 nitrogen and oxygen atoms in total. The van der Waals surface area contributed by atoms with E-state index in [4.69, 9.17) is 0 Å². The quantitative estimate of drug-likeness (QED) is 0.550. The van der Waals surface area contributed by atoms with E-state index < -0.39 is 29.6 Å². The second-order valence-corrected chi connectivity index (χ2v) is 6.99. The van der Waals surface area contributed by atoms with Crippen LogP contribution in [-0.4, -0.2) is 36.9 Å². The van der Waals surface area contributed by atoms with Crippen molar-refractivity contribution in [1.82, 2.24) is 24.8 Å². The topological polar surface area (TPSA) is 88.0 Å². The molecule has 3 heterocycles. The number of imidazole rings is 1. The van der Waals surface area contributed by atoms with Gasteiger partial charge in [0, 0.05) is 16.5 Å². The van der Waals surface area contributed by atoms with Gasteiger partial charge in [0.05, 0.1) is 24.0 Å². The zero-order chi connectivity index (χ0) is 20.3. The highest BCUT2D eigenvalue weighted by molar-refractivity contribution is 5.96. The van der Waals surface area contributed by atoms with Crippen molar-refractivity contribution in [2.45, 2.75) is 25.9 Å². The van der Waals surface area contributed by atoms with Gasteiger partial charge >= 0.3 is 0 Å². The number of fused-ring (bicyclic) bond motifs is 2. The number of carbonyl (C=O) groups is 1. The number of H-pyrrole nitrogens is 1. The van der Waals surface area contributed by atoms with Crippen LogP contribution in [0.15, 0.2) is 24.5 Å². The number of aromatic amines is 1. The molecule has 148 valence electrons. The number of nitrogens with one attached hydrogen (secondary N) is 2. The summed E-state index contributed by atoms with van der Waals surface area (Å²) >= 11 is 0. The summed E-state index contributed by atoms with van der Waals surface area (Å²) in [5.41, 5.74) is 1.45. The van der Waals surface area contributed by atoms with Crippen molar-refractivity contribution in [2.24, 2.45) is 5.92 Å². The van der Waals surface area contributed by atoms with Crippen molar-refractivity contribution in [3.05, 3.63) is 41.7 Å². The van der Waals surface area contributed by atoms with Gasteiger partial charge in [0.15, 0.2) is 23.1 Å². The average molecular weight is 400 g/mol. The number of hydrogen-bond donors (Lipinski definition) is 2. The summed E-state index contributed by atoms with van der Waals surface area (Å²) in [7, 11) is 0. The van der Waals surface area contributed by atoms with Crippen LogP contribution < -0.4 is 5.32 Å². The third-order valence-corrected chi connectivity index (χ3v) is 5.12. The van der Waals surface area contributed by atoms with E-state index in [0.29, 0.717) is 22.3 Å². The lowest BCUT2D eigenvalue weighted by atomic mass is 9.97. The highest BCUT2D eigenvalue weighted by Crippen LogP contribution is 2.36. The van der Waals surface area contributed by atoms with Crippen LogP contribution in [0.4, 0.5) is 19.0 Å². The smallest absolute Gasteiger partial charge is 0.231 e. The summed E-state index contributed by atoms with van der Waals surface area (Å²) in [6.07, 6.45) is 2.30. The zero-order valence-electron chi connectivity index (χ0n) is 15.2. The molecule has 1 saturated carbocycles. The molecule has 0 bridgehead atoms. The zero-order valence-corrected chi connectivity index (χ0v) is 15.2. The standard InChI is InChI=1S/C19H15F3N6O/c1-2-8-15(10-6-23-26-18(10)17(22)16(8)21)12-3-4-14-24-13(7-28(14)27-12)25-19(29)9-5-11(9)20/h3-4,6-7,9,11H,2,5H2,1H3,(H,23,26)(H,25,29). The maximum absolute atomic E-state index is 14.6. The number of halogens is 3. The van der Waals surface area contributed by atoms with E-state index >= 15 is 0 Å². The predicted octanol–water partition coefficient (Wildman–Crippen LogP) is 3.41. The first-order valence-corrected chi connectivity index (χ1v) is 9.12. The molecule has 0 saturated heterocycles. The number of alkyl halides is 1. The molecule has 1 aliphatic carbocycles. The Morgan fingerprint density at radius 3 is 2.86 bits per heavy atom. The fourth-order valence-electron chi connectivity index (χ4n) is 3.51. The van der Waals surface area contributed by atoms with Gasteiger partial charge in [-0.15, -0.1) is 0 Å². The number of anilines is 1. The van der Waals surface area contributed by atoms with Crippen LogP contribution in [0, 0.1) is 17.6 Å². The Bertz CT molecular complexity index is 1280. The first kappa shape index (κ1) is 17.7. The molecular formula is C19H15F3N6O. The Kier molecular flexibility index (Phi) is 3.83. The summed E-state index contributed by atoms with van der Waals surface area (Å²) < 4.78 is 43.4. The molecule has 5 rings (SSSR count). The van der Waals surface area contributed by atoms with Crippen LogP contribution in [0.3, 0.4) is 0 Å². The van der Waals surface area contributed by atoms with E-state index in [1.807, 2.05) is 0 Å². The molecule has 2 N–H and O–H groups in total.